The topological polar surface area (TPSA) is 47.6 Å². The van der Waals surface area contributed by atoms with E-state index in [1.165, 1.54) is 12.2 Å². The van der Waals surface area contributed by atoms with Crippen LogP contribution in [-0.2, 0) is 0 Å². The maximum absolute atomic E-state index is 8.08. The number of hydrogen-bond acceptors (Lipinski definition) is 2. The molecule has 0 aromatic rings. The molecule has 0 heterocycles. The molecular formula is C10H6N2. The third-order valence-corrected chi connectivity index (χ3v) is 0.784. The lowest BCUT2D eigenvalue weighted by Gasteiger charge is -1.60. The van der Waals surface area contributed by atoms with E-state index in [0.717, 1.165) is 0 Å². The molecule has 0 bridgehead atoms. The Morgan fingerprint density at radius 2 is 1.17 bits per heavy atom. The normalized spacial score (nSPS) is 8.17. The van der Waals surface area contributed by atoms with Gasteiger partial charge in [0.2, 0.25) is 0 Å². The van der Waals surface area contributed by atoms with Gasteiger partial charge in [-0.1, -0.05) is 11.5 Å². The fraction of sp³-hybridized carbons (Fsp3) is 0. The van der Waals surface area contributed by atoms with E-state index in [9.17, 15) is 0 Å². The van der Waals surface area contributed by atoms with Gasteiger partial charge in [0.1, 0.15) is 0 Å². The van der Waals surface area contributed by atoms with Gasteiger partial charge in [0.15, 0.2) is 0 Å². The fourth-order valence-electron chi connectivity index (χ4n) is 0.375. The monoisotopic (exact) mass is 154 g/mol. The van der Waals surface area contributed by atoms with Crippen molar-refractivity contribution in [3.63, 3.8) is 0 Å². The van der Waals surface area contributed by atoms with Gasteiger partial charge in [-0.25, -0.2) is 0 Å². The highest BCUT2D eigenvalue weighted by Gasteiger charge is 1.57. The van der Waals surface area contributed by atoms with E-state index < -0.39 is 0 Å². The first-order valence-electron chi connectivity index (χ1n) is 3.19. The number of nitriles is 2. The molecule has 0 fully saturated rings. The quantitative estimate of drug-likeness (QED) is 0.347. The smallest absolute Gasteiger partial charge is 0.0912 e. The summed E-state index contributed by atoms with van der Waals surface area (Å²) in [6.07, 6.45) is 8.88. The zero-order valence-electron chi connectivity index (χ0n) is 6.36. The molecule has 0 amide bonds. The summed E-state index contributed by atoms with van der Waals surface area (Å²) in [5.74, 6) is 0. The zero-order valence-corrected chi connectivity index (χ0v) is 6.36. The number of hydrogen-bond donors (Lipinski definition) is 0. The number of nitrogens with zero attached hydrogens (tertiary/aromatic N) is 2. The Morgan fingerprint density at radius 3 is 1.50 bits per heavy atom. The van der Waals surface area contributed by atoms with Crippen LogP contribution in [0.1, 0.15) is 0 Å². The van der Waals surface area contributed by atoms with Crippen molar-refractivity contribution in [2.45, 2.75) is 0 Å². The predicted molar refractivity (Wildman–Crippen MR) is 45.7 cm³/mol. The molecule has 0 saturated heterocycles. The van der Waals surface area contributed by atoms with Crippen LogP contribution in [0.2, 0.25) is 0 Å². The summed E-state index contributed by atoms with van der Waals surface area (Å²) >= 11 is 0. The first-order chi connectivity index (χ1) is 5.91. The van der Waals surface area contributed by atoms with Crippen molar-refractivity contribution >= 4 is 0 Å². The van der Waals surface area contributed by atoms with Crippen LogP contribution in [0.5, 0.6) is 0 Å². The van der Waals surface area contributed by atoms with Gasteiger partial charge in [0.05, 0.1) is 12.1 Å². The molecular weight excluding hydrogens is 148 g/mol. The maximum Gasteiger partial charge on any atom is 0.0912 e. The molecule has 2 nitrogen and oxygen atoms in total. The Labute approximate surface area is 71.4 Å². The van der Waals surface area contributed by atoms with Crippen molar-refractivity contribution in [2.75, 3.05) is 0 Å². The third kappa shape index (κ3) is 7.76. The fourth-order valence-corrected chi connectivity index (χ4v) is 0.375. The minimum atomic E-state index is 1.33. The average molecular weight is 154 g/mol. The van der Waals surface area contributed by atoms with Gasteiger partial charge in [-0.05, 0) is 24.3 Å². The molecule has 56 valence electrons. The summed E-state index contributed by atoms with van der Waals surface area (Å²) in [6.45, 7) is 0. The van der Waals surface area contributed by atoms with E-state index in [0.29, 0.717) is 0 Å². The van der Waals surface area contributed by atoms with Crippen molar-refractivity contribution in [1.82, 2.24) is 0 Å². The highest BCUT2D eigenvalue weighted by atomic mass is 14.2. The molecule has 0 aromatic carbocycles. The van der Waals surface area contributed by atoms with E-state index in [4.69, 9.17) is 10.5 Å². The lowest BCUT2D eigenvalue weighted by Crippen LogP contribution is -1.44. The molecule has 0 atom stereocenters. The van der Waals surface area contributed by atoms with Gasteiger partial charge < -0.3 is 0 Å². The lowest BCUT2D eigenvalue weighted by molar-refractivity contribution is 1.53. The van der Waals surface area contributed by atoms with Gasteiger partial charge >= 0.3 is 0 Å². The molecule has 0 spiro atoms. The zero-order chi connectivity index (χ0) is 9.07. The van der Waals surface area contributed by atoms with E-state index in [1.54, 1.807) is 24.3 Å². The summed E-state index contributed by atoms with van der Waals surface area (Å²) < 4.78 is 0. The average Bonchev–Trinajstić information content (AvgIpc) is 2.10. The number of allylic oxidation sites excluding steroid dienone is 6. The van der Waals surface area contributed by atoms with Crippen LogP contribution in [0.25, 0.3) is 0 Å². The summed E-state index contributed by atoms with van der Waals surface area (Å²) in [5, 5.41) is 16.2. The molecule has 0 rings (SSSR count). The van der Waals surface area contributed by atoms with Gasteiger partial charge in [-0.2, -0.15) is 10.5 Å². The van der Waals surface area contributed by atoms with E-state index >= 15 is 0 Å². The van der Waals surface area contributed by atoms with Crippen LogP contribution >= 0.6 is 0 Å². The third-order valence-electron chi connectivity index (χ3n) is 0.784. The van der Waals surface area contributed by atoms with Gasteiger partial charge in [0.25, 0.3) is 0 Å². The molecule has 0 radical (unpaired) electrons. The Bertz CT molecular complexity index is 310. The Balaban J connectivity index is 4.09. The summed E-state index contributed by atoms with van der Waals surface area (Å²) in [7, 11) is 0. The summed E-state index contributed by atoms with van der Waals surface area (Å²) in [4.78, 5) is 0. The summed E-state index contributed by atoms with van der Waals surface area (Å²) in [5.41, 5.74) is 5.30. The van der Waals surface area contributed by atoms with Gasteiger partial charge in [0, 0.05) is 12.2 Å². The van der Waals surface area contributed by atoms with E-state index in [1.807, 2.05) is 12.1 Å². The van der Waals surface area contributed by atoms with Crippen molar-refractivity contribution in [2.24, 2.45) is 0 Å². The van der Waals surface area contributed by atoms with Crippen LogP contribution in [0.4, 0.5) is 0 Å². The molecule has 2 heteroatoms. The molecule has 0 aliphatic carbocycles. The predicted octanol–water partition coefficient (Wildman–Crippen LogP) is 2.01. The molecule has 0 saturated carbocycles. The van der Waals surface area contributed by atoms with Crippen LogP contribution in [0.3, 0.4) is 0 Å². The Morgan fingerprint density at radius 1 is 0.750 bits per heavy atom. The second-order valence-electron chi connectivity index (χ2n) is 1.60. The largest absolute Gasteiger partial charge is 0.193 e. The Hall–Kier alpha value is -2.24. The number of rotatable bonds is 2. The van der Waals surface area contributed by atoms with Crippen LogP contribution in [0, 0.1) is 22.7 Å². The molecule has 0 aliphatic heterocycles. The highest BCUT2D eigenvalue weighted by Crippen LogP contribution is 1.73. The SMILES string of the molecule is N#C/C=C/C=C=C=C/C=C/C#N. The second kappa shape index (κ2) is 8.76. The minimum Gasteiger partial charge on any atom is -0.193 e. The van der Waals surface area contributed by atoms with Crippen molar-refractivity contribution in [3.8, 4) is 12.1 Å². The molecule has 0 unspecified atom stereocenters. The summed E-state index contributed by atoms with van der Waals surface area (Å²) in [6, 6.07) is 3.66. The standard InChI is InChI=1S/C10H6N2/c11-9-7-5-3-1-2-4-6-8-10-12/h3-8H/b4-3?,7-5+,8-6+. The first-order valence-corrected chi connectivity index (χ1v) is 3.19. The minimum absolute atomic E-state index is 1.33. The highest BCUT2D eigenvalue weighted by molar-refractivity contribution is 5.14. The van der Waals surface area contributed by atoms with Crippen LogP contribution < -0.4 is 0 Å². The molecule has 0 N–H and O–H groups in total. The van der Waals surface area contributed by atoms with Crippen molar-refractivity contribution < 1.29 is 0 Å². The second-order valence-corrected chi connectivity index (χ2v) is 1.60. The maximum atomic E-state index is 8.08. The van der Waals surface area contributed by atoms with Crippen molar-refractivity contribution in [3.05, 3.63) is 47.9 Å². The van der Waals surface area contributed by atoms with Crippen LogP contribution in [0.15, 0.2) is 47.9 Å². The van der Waals surface area contributed by atoms with Gasteiger partial charge in [-0.3, -0.25) is 0 Å². The first kappa shape index (κ1) is 9.76. The molecule has 0 aromatic heterocycles. The lowest BCUT2D eigenvalue weighted by atomic mass is 10.4. The van der Waals surface area contributed by atoms with E-state index in [2.05, 4.69) is 11.5 Å². The van der Waals surface area contributed by atoms with E-state index in [-0.39, 0.29) is 0 Å². The van der Waals surface area contributed by atoms with Crippen molar-refractivity contribution in [1.29, 1.82) is 10.5 Å². The van der Waals surface area contributed by atoms with Crippen LogP contribution in [-0.4, -0.2) is 0 Å². The molecule has 12 heavy (non-hydrogen) atoms. The molecule has 0 aliphatic rings. The Kier molecular flexibility index (Phi) is 7.12. The van der Waals surface area contributed by atoms with Gasteiger partial charge in [-0.15, -0.1) is 0 Å².